The Bertz CT molecular complexity index is 856. The number of rotatable bonds is 5. The molecule has 25 heavy (non-hydrogen) atoms. The molecule has 128 valence electrons. The molecule has 1 fully saturated rings. The molecular formula is C21H22N2O2. The standard InChI is InChI=1S/C21H22N2O2/c24-21(25-17-7-2-1-3-8-17)20-11-6-13-23(20)14-12-16-15-22-19-10-5-4-9-18(16)19/h1-5,7-10,15,20,22H,6,11-14H2. The number of nitrogens with one attached hydrogen (secondary N) is 1. The zero-order valence-corrected chi connectivity index (χ0v) is 14.2. The van der Waals surface area contributed by atoms with Crippen molar-refractivity contribution in [2.75, 3.05) is 13.1 Å². The molecule has 4 rings (SSSR count). The molecule has 0 bridgehead atoms. The summed E-state index contributed by atoms with van der Waals surface area (Å²) in [5.41, 5.74) is 2.47. The summed E-state index contributed by atoms with van der Waals surface area (Å²) in [6.45, 7) is 1.83. The second-order valence-electron chi connectivity index (χ2n) is 6.54. The first-order chi connectivity index (χ1) is 12.3. The summed E-state index contributed by atoms with van der Waals surface area (Å²) in [7, 11) is 0. The van der Waals surface area contributed by atoms with E-state index in [0.29, 0.717) is 5.75 Å². The Hall–Kier alpha value is -2.59. The average molecular weight is 334 g/mol. The van der Waals surface area contributed by atoms with Crippen LogP contribution in [-0.2, 0) is 11.2 Å². The van der Waals surface area contributed by atoms with Crippen molar-refractivity contribution in [1.29, 1.82) is 0 Å². The lowest BCUT2D eigenvalue weighted by atomic mass is 10.1. The quantitative estimate of drug-likeness (QED) is 0.570. The third-order valence-electron chi connectivity index (χ3n) is 4.94. The highest BCUT2D eigenvalue weighted by Gasteiger charge is 2.32. The van der Waals surface area contributed by atoms with Gasteiger partial charge in [-0.25, -0.2) is 4.79 Å². The van der Waals surface area contributed by atoms with Gasteiger partial charge in [-0.2, -0.15) is 0 Å². The van der Waals surface area contributed by atoms with Crippen molar-refractivity contribution < 1.29 is 9.53 Å². The van der Waals surface area contributed by atoms with Crippen molar-refractivity contribution >= 4 is 16.9 Å². The van der Waals surface area contributed by atoms with E-state index >= 15 is 0 Å². The maximum absolute atomic E-state index is 12.5. The van der Waals surface area contributed by atoms with Crippen LogP contribution in [0.2, 0.25) is 0 Å². The fourth-order valence-electron chi connectivity index (χ4n) is 3.64. The fraction of sp³-hybridized carbons (Fsp3) is 0.286. The predicted molar refractivity (Wildman–Crippen MR) is 98.7 cm³/mol. The summed E-state index contributed by atoms with van der Waals surface area (Å²) in [6, 6.07) is 17.5. The van der Waals surface area contributed by atoms with Gasteiger partial charge in [-0.15, -0.1) is 0 Å². The van der Waals surface area contributed by atoms with Crippen molar-refractivity contribution in [3.63, 3.8) is 0 Å². The Balaban J connectivity index is 1.40. The normalized spacial score (nSPS) is 17.8. The van der Waals surface area contributed by atoms with Gasteiger partial charge in [0.15, 0.2) is 0 Å². The van der Waals surface area contributed by atoms with Gasteiger partial charge in [-0.1, -0.05) is 36.4 Å². The Morgan fingerprint density at radius 3 is 2.80 bits per heavy atom. The van der Waals surface area contributed by atoms with Crippen molar-refractivity contribution in [2.45, 2.75) is 25.3 Å². The van der Waals surface area contributed by atoms with Crippen LogP contribution in [0.4, 0.5) is 0 Å². The minimum atomic E-state index is -0.136. The highest BCUT2D eigenvalue weighted by Crippen LogP contribution is 2.23. The molecule has 2 heterocycles. The van der Waals surface area contributed by atoms with Gasteiger partial charge in [0.2, 0.25) is 0 Å². The smallest absolute Gasteiger partial charge is 0.328 e. The Labute approximate surface area is 147 Å². The third kappa shape index (κ3) is 3.44. The SMILES string of the molecule is O=C(Oc1ccccc1)C1CCCN1CCc1c[nH]c2ccccc12. The molecule has 1 unspecified atom stereocenters. The van der Waals surface area contributed by atoms with Crippen LogP contribution in [-0.4, -0.2) is 35.0 Å². The highest BCUT2D eigenvalue weighted by molar-refractivity contribution is 5.83. The van der Waals surface area contributed by atoms with Crippen molar-refractivity contribution in [1.82, 2.24) is 9.88 Å². The molecule has 1 aliphatic rings. The second kappa shape index (κ2) is 7.11. The van der Waals surface area contributed by atoms with E-state index in [-0.39, 0.29) is 12.0 Å². The van der Waals surface area contributed by atoms with Crippen LogP contribution in [0.1, 0.15) is 18.4 Å². The number of hydrogen-bond donors (Lipinski definition) is 1. The lowest BCUT2D eigenvalue weighted by Crippen LogP contribution is -2.39. The summed E-state index contributed by atoms with van der Waals surface area (Å²) in [6.07, 6.45) is 4.93. The van der Waals surface area contributed by atoms with Gasteiger partial charge in [0.25, 0.3) is 0 Å². The monoisotopic (exact) mass is 334 g/mol. The van der Waals surface area contributed by atoms with Gasteiger partial charge in [-0.05, 0) is 49.6 Å². The van der Waals surface area contributed by atoms with Gasteiger partial charge in [0.1, 0.15) is 11.8 Å². The minimum absolute atomic E-state index is 0.134. The Morgan fingerprint density at radius 2 is 1.92 bits per heavy atom. The molecule has 1 aromatic heterocycles. The molecule has 1 atom stereocenters. The van der Waals surface area contributed by atoms with Crippen molar-refractivity contribution in [2.24, 2.45) is 0 Å². The molecule has 2 aromatic carbocycles. The number of hydrogen-bond acceptors (Lipinski definition) is 3. The molecular weight excluding hydrogens is 312 g/mol. The van der Waals surface area contributed by atoms with Crippen LogP contribution < -0.4 is 4.74 Å². The number of fused-ring (bicyclic) bond motifs is 1. The first-order valence-electron chi connectivity index (χ1n) is 8.87. The lowest BCUT2D eigenvalue weighted by Gasteiger charge is -2.22. The summed E-state index contributed by atoms with van der Waals surface area (Å²) in [5, 5.41) is 1.27. The van der Waals surface area contributed by atoms with E-state index in [2.05, 4.69) is 34.3 Å². The number of benzene rings is 2. The van der Waals surface area contributed by atoms with E-state index in [0.717, 1.165) is 32.4 Å². The second-order valence-corrected chi connectivity index (χ2v) is 6.54. The molecule has 0 spiro atoms. The Kier molecular flexibility index (Phi) is 4.53. The molecule has 1 saturated heterocycles. The molecule has 4 heteroatoms. The van der Waals surface area contributed by atoms with E-state index in [1.807, 2.05) is 36.4 Å². The zero-order chi connectivity index (χ0) is 17.1. The largest absolute Gasteiger partial charge is 0.425 e. The molecule has 0 saturated carbocycles. The summed E-state index contributed by atoms with van der Waals surface area (Å²) in [5.74, 6) is 0.485. The Morgan fingerprint density at radius 1 is 1.12 bits per heavy atom. The van der Waals surface area contributed by atoms with Gasteiger partial charge < -0.3 is 9.72 Å². The first-order valence-corrected chi connectivity index (χ1v) is 8.87. The number of H-pyrrole nitrogens is 1. The van der Waals surface area contributed by atoms with E-state index in [1.54, 1.807) is 0 Å². The third-order valence-corrected chi connectivity index (χ3v) is 4.94. The number of esters is 1. The number of para-hydroxylation sites is 2. The highest BCUT2D eigenvalue weighted by atomic mass is 16.5. The van der Waals surface area contributed by atoms with E-state index in [1.165, 1.54) is 16.5 Å². The van der Waals surface area contributed by atoms with Crippen LogP contribution in [0.25, 0.3) is 10.9 Å². The zero-order valence-electron chi connectivity index (χ0n) is 14.2. The van der Waals surface area contributed by atoms with Gasteiger partial charge in [0.05, 0.1) is 0 Å². The van der Waals surface area contributed by atoms with Crippen LogP contribution in [0.15, 0.2) is 60.8 Å². The number of aromatic amines is 1. The molecule has 4 nitrogen and oxygen atoms in total. The predicted octanol–water partition coefficient (Wildman–Crippen LogP) is 3.78. The minimum Gasteiger partial charge on any atom is -0.425 e. The number of aromatic nitrogens is 1. The number of carbonyl (C=O) groups excluding carboxylic acids is 1. The van der Waals surface area contributed by atoms with E-state index in [4.69, 9.17) is 4.74 Å². The van der Waals surface area contributed by atoms with E-state index in [9.17, 15) is 4.79 Å². The molecule has 0 aliphatic carbocycles. The maximum atomic E-state index is 12.5. The van der Waals surface area contributed by atoms with Gasteiger partial charge in [0, 0.05) is 23.6 Å². The van der Waals surface area contributed by atoms with Crippen LogP contribution >= 0.6 is 0 Å². The average Bonchev–Trinajstić information content (AvgIpc) is 3.27. The molecule has 1 N–H and O–H groups in total. The summed E-state index contributed by atoms with van der Waals surface area (Å²) < 4.78 is 5.55. The summed E-state index contributed by atoms with van der Waals surface area (Å²) >= 11 is 0. The summed E-state index contributed by atoms with van der Waals surface area (Å²) in [4.78, 5) is 18.1. The van der Waals surface area contributed by atoms with Gasteiger partial charge >= 0.3 is 5.97 Å². The van der Waals surface area contributed by atoms with Crippen LogP contribution in [0.5, 0.6) is 5.75 Å². The molecule has 3 aromatic rings. The van der Waals surface area contributed by atoms with Crippen LogP contribution in [0.3, 0.4) is 0 Å². The van der Waals surface area contributed by atoms with Crippen molar-refractivity contribution in [3.8, 4) is 5.75 Å². The molecule has 0 amide bonds. The molecule has 0 radical (unpaired) electrons. The van der Waals surface area contributed by atoms with Crippen LogP contribution in [0, 0.1) is 0 Å². The van der Waals surface area contributed by atoms with Crippen molar-refractivity contribution in [3.05, 3.63) is 66.4 Å². The number of ether oxygens (including phenoxy) is 1. The number of nitrogens with zero attached hydrogens (tertiary/aromatic N) is 1. The maximum Gasteiger partial charge on any atom is 0.328 e. The number of carbonyl (C=O) groups is 1. The fourth-order valence-corrected chi connectivity index (χ4v) is 3.64. The van der Waals surface area contributed by atoms with E-state index < -0.39 is 0 Å². The topological polar surface area (TPSA) is 45.3 Å². The molecule has 1 aliphatic heterocycles. The first kappa shape index (κ1) is 15.9. The van der Waals surface area contributed by atoms with Gasteiger partial charge in [-0.3, -0.25) is 4.90 Å². The number of likely N-dealkylation sites (tertiary alicyclic amines) is 1. The lowest BCUT2D eigenvalue weighted by molar-refractivity contribution is -0.139.